The van der Waals surface area contributed by atoms with Crippen LogP contribution in [-0.2, 0) is 18.9 Å². The topological polar surface area (TPSA) is 81.2 Å². The van der Waals surface area contributed by atoms with Gasteiger partial charge in [-0.05, 0) is 37.5 Å². The van der Waals surface area contributed by atoms with Crippen molar-refractivity contribution in [1.29, 1.82) is 0 Å². The number of nitrogens with zero attached hydrogens (tertiary/aromatic N) is 2. The molecular formula is C22H23F3N4O2S. The number of H-pyrrole nitrogens is 1. The summed E-state index contributed by atoms with van der Waals surface area (Å²) in [6.45, 7) is 1.97. The van der Waals surface area contributed by atoms with Crippen molar-refractivity contribution in [2.45, 2.75) is 50.7 Å². The van der Waals surface area contributed by atoms with Crippen LogP contribution in [0.3, 0.4) is 0 Å². The number of thiazole rings is 1. The number of nitrogens with one attached hydrogen (secondary N) is 2. The molecule has 3 aromatic rings. The Morgan fingerprint density at radius 1 is 1.38 bits per heavy atom. The fraction of sp³-hybridized carbons (Fsp3) is 0.455. The normalized spacial score (nSPS) is 17.8. The van der Waals surface area contributed by atoms with Gasteiger partial charge in [-0.2, -0.15) is 0 Å². The maximum Gasteiger partial charge on any atom is 0.271 e. The molecule has 1 aromatic carbocycles. The predicted molar refractivity (Wildman–Crippen MR) is 116 cm³/mol. The number of rotatable bonds is 5. The van der Waals surface area contributed by atoms with E-state index >= 15 is 0 Å². The van der Waals surface area contributed by atoms with Crippen LogP contribution in [0.1, 0.15) is 52.8 Å². The van der Waals surface area contributed by atoms with Crippen LogP contribution in [0.2, 0.25) is 0 Å². The monoisotopic (exact) mass is 464 g/mol. The molecule has 5 rings (SSSR count). The van der Waals surface area contributed by atoms with Crippen molar-refractivity contribution in [2.24, 2.45) is 0 Å². The quantitative estimate of drug-likeness (QED) is 0.523. The number of halogens is 3. The van der Waals surface area contributed by atoms with Gasteiger partial charge in [0.1, 0.15) is 11.5 Å². The number of aliphatic hydroxyl groups is 1. The summed E-state index contributed by atoms with van der Waals surface area (Å²) >= 11 is 1.45. The predicted octanol–water partition coefficient (Wildman–Crippen LogP) is 4.40. The van der Waals surface area contributed by atoms with E-state index in [9.17, 15) is 23.1 Å². The Hall–Kier alpha value is -2.59. The number of anilines is 1. The van der Waals surface area contributed by atoms with Gasteiger partial charge in [0.25, 0.3) is 11.8 Å². The van der Waals surface area contributed by atoms with Crippen LogP contribution in [0, 0.1) is 5.82 Å². The zero-order valence-corrected chi connectivity index (χ0v) is 18.3. The van der Waals surface area contributed by atoms with E-state index in [1.807, 2.05) is 0 Å². The number of fused-ring (bicyclic) bond motifs is 2. The minimum atomic E-state index is -3.23. The summed E-state index contributed by atoms with van der Waals surface area (Å²) in [6, 6.07) is 3.30. The molecule has 1 amide bonds. The summed E-state index contributed by atoms with van der Waals surface area (Å²) in [4.78, 5) is 23.1. The number of hydrogen-bond donors (Lipinski definition) is 3. The molecule has 0 radical (unpaired) electrons. The van der Waals surface area contributed by atoms with Gasteiger partial charge in [-0.3, -0.25) is 4.79 Å². The van der Waals surface area contributed by atoms with Crippen molar-refractivity contribution >= 4 is 33.3 Å². The lowest BCUT2D eigenvalue weighted by molar-refractivity contribution is -0.0202. The number of benzene rings is 1. The molecule has 0 atom stereocenters. The third-order valence-corrected chi connectivity index (χ3v) is 7.32. The van der Waals surface area contributed by atoms with E-state index in [-0.39, 0.29) is 22.5 Å². The van der Waals surface area contributed by atoms with Crippen LogP contribution >= 0.6 is 11.3 Å². The highest BCUT2D eigenvalue weighted by Gasteiger charge is 2.35. The van der Waals surface area contributed by atoms with Crippen LogP contribution in [0.4, 0.5) is 18.3 Å². The number of alkyl halides is 2. The highest BCUT2D eigenvalue weighted by molar-refractivity contribution is 7.15. The minimum absolute atomic E-state index is 0.137. The van der Waals surface area contributed by atoms with Crippen LogP contribution < -0.4 is 5.32 Å². The van der Waals surface area contributed by atoms with E-state index in [0.717, 1.165) is 47.1 Å². The summed E-state index contributed by atoms with van der Waals surface area (Å²) in [5.74, 6) is -4.35. The van der Waals surface area contributed by atoms with Crippen molar-refractivity contribution in [2.75, 3.05) is 18.4 Å². The summed E-state index contributed by atoms with van der Waals surface area (Å²) in [5.41, 5.74) is 0.136. The zero-order valence-electron chi connectivity index (χ0n) is 17.5. The molecule has 10 heteroatoms. The summed E-state index contributed by atoms with van der Waals surface area (Å²) in [6.07, 6.45) is 3.18. The molecule has 0 saturated heterocycles. The fourth-order valence-corrected chi connectivity index (χ4v) is 5.32. The molecule has 32 heavy (non-hydrogen) atoms. The molecule has 0 bridgehead atoms. The molecule has 6 nitrogen and oxygen atoms in total. The molecule has 3 heterocycles. The standard InChI is InChI=1S/C22H23F3N4O2S/c1-21(24,25)14-7-12(23)8-16-13(14)9-17(27-16)19(30)29-6-3-15-18(10-29)32-20(28-15)26-11-22(31)4-2-5-22/h7-9,27,31H,2-6,10-11H2,1H3,(H,26,28). The van der Waals surface area contributed by atoms with Crippen LogP contribution in [0.5, 0.6) is 0 Å². The maximum atomic E-state index is 14.0. The van der Waals surface area contributed by atoms with E-state index in [1.165, 1.54) is 17.4 Å². The van der Waals surface area contributed by atoms with E-state index < -0.39 is 22.9 Å². The van der Waals surface area contributed by atoms with Crippen LogP contribution in [0.25, 0.3) is 10.9 Å². The Morgan fingerprint density at radius 3 is 2.84 bits per heavy atom. The Bertz CT molecular complexity index is 1200. The van der Waals surface area contributed by atoms with Crippen molar-refractivity contribution in [3.63, 3.8) is 0 Å². The van der Waals surface area contributed by atoms with Gasteiger partial charge in [0.2, 0.25) is 0 Å². The van der Waals surface area contributed by atoms with Gasteiger partial charge < -0.3 is 20.3 Å². The zero-order chi connectivity index (χ0) is 22.7. The second-order valence-electron chi connectivity index (χ2n) is 8.78. The molecule has 2 aromatic heterocycles. The molecule has 0 spiro atoms. The van der Waals surface area contributed by atoms with Gasteiger partial charge in [0, 0.05) is 47.8 Å². The smallest absolute Gasteiger partial charge is 0.271 e. The van der Waals surface area contributed by atoms with Crippen molar-refractivity contribution < 1.29 is 23.1 Å². The summed E-state index contributed by atoms with van der Waals surface area (Å²) in [5, 5.41) is 14.3. The minimum Gasteiger partial charge on any atom is -0.388 e. The number of carbonyl (C=O) groups excluding carboxylic acids is 1. The lowest BCUT2D eigenvalue weighted by atomic mass is 9.80. The maximum absolute atomic E-state index is 14.0. The average molecular weight is 465 g/mol. The summed E-state index contributed by atoms with van der Waals surface area (Å²) in [7, 11) is 0. The Labute approximate surface area is 186 Å². The van der Waals surface area contributed by atoms with Gasteiger partial charge in [0.05, 0.1) is 17.8 Å². The van der Waals surface area contributed by atoms with Crippen molar-refractivity contribution in [1.82, 2.24) is 14.9 Å². The van der Waals surface area contributed by atoms with Crippen molar-refractivity contribution in [3.8, 4) is 0 Å². The average Bonchev–Trinajstić information content (AvgIpc) is 3.31. The van der Waals surface area contributed by atoms with Gasteiger partial charge in [0.15, 0.2) is 5.13 Å². The van der Waals surface area contributed by atoms with Gasteiger partial charge in [-0.25, -0.2) is 18.2 Å². The van der Waals surface area contributed by atoms with Crippen LogP contribution in [0.15, 0.2) is 18.2 Å². The van der Waals surface area contributed by atoms with E-state index in [2.05, 4.69) is 15.3 Å². The Balaban J connectivity index is 1.34. The van der Waals surface area contributed by atoms with E-state index in [4.69, 9.17) is 0 Å². The first-order valence-electron chi connectivity index (χ1n) is 10.6. The third kappa shape index (κ3) is 3.86. The number of amides is 1. The first-order valence-corrected chi connectivity index (χ1v) is 11.4. The largest absolute Gasteiger partial charge is 0.388 e. The fourth-order valence-electron chi connectivity index (χ4n) is 4.30. The highest BCUT2D eigenvalue weighted by atomic mass is 32.1. The van der Waals surface area contributed by atoms with E-state index in [0.29, 0.717) is 33.0 Å². The molecule has 2 aliphatic rings. The summed E-state index contributed by atoms with van der Waals surface area (Å²) < 4.78 is 41.8. The second kappa shape index (κ2) is 7.48. The van der Waals surface area contributed by atoms with Gasteiger partial charge in [-0.1, -0.05) is 11.3 Å². The first-order chi connectivity index (χ1) is 15.1. The lowest BCUT2D eigenvalue weighted by Crippen LogP contribution is -2.43. The lowest BCUT2D eigenvalue weighted by Gasteiger charge is -2.36. The number of carbonyl (C=O) groups is 1. The molecule has 1 fully saturated rings. The molecule has 3 N–H and O–H groups in total. The molecular weight excluding hydrogens is 441 g/mol. The van der Waals surface area contributed by atoms with Crippen LogP contribution in [-0.4, -0.2) is 44.6 Å². The molecule has 1 aliphatic heterocycles. The Kier molecular flexibility index (Phi) is 4.97. The second-order valence-corrected chi connectivity index (χ2v) is 9.87. The molecule has 1 saturated carbocycles. The molecule has 170 valence electrons. The third-order valence-electron chi connectivity index (χ3n) is 6.28. The number of hydrogen-bond acceptors (Lipinski definition) is 5. The Morgan fingerprint density at radius 2 is 2.16 bits per heavy atom. The first kappa shape index (κ1) is 21.3. The van der Waals surface area contributed by atoms with Gasteiger partial charge >= 0.3 is 0 Å². The molecule has 1 aliphatic carbocycles. The number of aromatic amines is 1. The molecule has 0 unspecified atom stereocenters. The van der Waals surface area contributed by atoms with Gasteiger partial charge in [-0.15, -0.1) is 0 Å². The number of aromatic nitrogens is 2. The van der Waals surface area contributed by atoms with E-state index in [1.54, 1.807) is 4.90 Å². The highest BCUT2D eigenvalue weighted by Crippen LogP contribution is 2.36. The SMILES string of the molecule is CC(F)(F)c1cc(F)cc2[nH]c(C(=O)N3CCc4nc(NCC5(O)CCC5)sc4C3)cc12. The van der Waals surface area contributed by atoms with Crippen molar-refractivity contribution in [3.05, 3.63) is 45.8 Å².